The molecular weight excluding hydrogens is 182 g/mol. The lowest BCUT2D eigenvalue weighted by Gasteiger charge is -1.96. The third kappa shape index (κ3) is 1.25. The summed E-state index contributed by atoms with van der Waals surface area (Å²) >= 11 is 1.58. The zero-order valence-corrected chi connectivity index (χ0v) is 8.19. The number of aromatic hydroxyl groups is 1. The van der Waals surface area contributed by atoms with Gasteiger partial charge in [0.25, 0.3) is 0 Å². The van der Waals surface area contributed by atoms with Gasteiger partial charge in [0.05, 0.1) is 5.00 Å². The lowest BCUT2D eigenvalue weighted by atomic mass is 10.1. The quantitative estimate of drug-likeness (QED) is 0.731. The second kappa shape index (κ2) is 2.92. The first-order valence-corrected chi connectivity index (χ1v) is 5.04. The molecule has 0 saturated carbocycles. The van der Waals surface area contributed by atoms with Crippen LogP contribution in [0.25, 0.3) is 10.1 Å². The van der Waals surface area contributed by atoms with Gasteiger partial charge in [-0.15, -0.1) is 11.3 Å². The highest BCUT2D eigenvalue weighted by atomic mass is 32.1. The maximum Gasteiger partial charge on any atom is 0.116 e. The Labute approximate surface area is 80.6 Å². The van der Waals surface area contributed by atoms with Crippen molar-refractivity contribution in [1.82, 2.24) is 0 Å². The van der Waals surface area contributed by atoms with Crippen molar-refractivity contribution in [3.05, 3.63) is 23.8 Å². The van der Waals surface area contributed by atoms with E-state index in [1.165, 1.54) is 0 Å². The van der Waals surface area contributed by atoms with Crippen LogP contribution in [0.1, 0.15) is 12.5 Å². The van der Waals surface area contributed by atoms with Crippen LogP contribution in [0.2, 0.25) is 0 Å². The van der Waals surface area contributed by atoms with E-state index in [0.29, 0.717) is 5.75 Å². The average molecular weight is 193 g/mol. The molecule has 3 heteroatoms. The second-order valence-electron chi connectivity index (χ2n) is 2.98. The zero-order chi connectivity index (χ0) is 9.42. The van der Waals surface area contributed by atoms with Gasteiger partial charge in [0, 0.05) is 10.1 Å². The van der Waals surface area contributed by atoms with Gasteiger partial charge in [0.2, 0.25) is 0 Å². The van der Waals surface area contributed by atoms with E-state index in [1.807, 2.05) is 6.07 Å². The normalized spacial score (nSPS) is 10.8. The molecule has 13 heavy (non-hydrogen) atoms. The Morgan fingerprint density at radius 2 is 2.23 bits per heavy atom. The van der Waals surface area contributed by atoms with Crippen molar-refractivity contribution in [2.24, 2.45) is 0 Å². The summed E-state index contributed by atoms with van der Waals surface area (Å²) in [5.41, 5.74) is 7.00. The minimum absolute atomic E-state index is 0.306. The highest BCUT2D eigenvalue weighted by molar-refractivity contribution is 7.22. The Hall–Kier alpha value is -1.22. The standard InChI is InChI=1S/C10H11NOS/c1-2-7-8-5-6(12)3-4-9(8)13-10(7)11/h3-5,12H,2,11H2,1H3. The molecule has 0 bridgehead atoms. The number of aryl methyl sites for hydroxylation is 1. The van der Waals surface area contributed by atoms with Crippen molar-refractivity contribution < 1.29 is 5.11 Å². The average Bonchev–Trinajstić information content (AvgIpc) is 2.40. The van der Waals surface area contributed by atoms with Gasteiger partial charge in [-0.2, -0.15) is 0 Å². The van der Waals surface area contributed by atoms with Crippen molar-refractivity contribution in [2.45, 2.75) is 13.3 Å². The summed E-state index contributed by atoms with van der Waals surface area (Å²) in [5.74, 6) is 0.306. The molecule has 0 spiro atoms. The topological polar surface area (TPSA) is 46.2 Å². The van der Waals surface area contributed by atoms with Gasteiger partial charge in [-0.25, -0.2) is 0 Å². The van der Waals surface area contributed by atoms with Crippen LogP contribution in [-0.2, 0) is 6.42 Å². The van der Waals surface area contributed by atoms with Gasteiger partial charge < -0.3 is 10.8 Å². The summed E-state index contributed by atoms with van der Waals surface area (Å²) in [7, 11) is 0. The van der Waals surface area contributed by atoms with E-state index < -0.39 is 0 Å². The number of hydrogen-bond acceptors (Lipinski definition) is 3. The lowest BCUT2D eigenvalue weighted by Crippen LogP contribution is -1.85. The molecule has 1 heterocycles. The predicted octanol–water partition coefficient (Wildman–Crippen LogP) is 2.75. The molecule has 0 atom stereocenters. The van der Waals surface area contributed by atoms with Crippen LogP contribution in [0.15, 0.2) is 18.2 Å². The number of phenolic OH excluding ortho intramolecular Hbond substituents is 1. The summed E-state index contributed by atoms with van der Waals surface area (Å²) in [5, 5.41) is 11.3. The van der Waals surface area contributed by atoms with Crippen LogP contribution in [-0.4, -0.2) is 5.11 Å². The maximum absolute atomic E-state index is 9.32. The molecular formula is C10H11NOS. The molecule has 0 aliphatic carbocycles. The van der Waals surface area contributed by atoms with Crippen molar-refractivity contribution in [3.63, 3.8) is 0 Å². The predicted molar refractivity (Wildman–Crippen MR) is 57.3 cm³/mol. The van der Waals surface area contributed by atoms with Crippen LogP contribution in [0.3, 0.4) is 0 Å². The highest BCUT2D eigenvalue weighted by Crippen LogP contribution is 2.35. The number of nitrogen functional groups attached to an aromatic ring is 1. The molecule has 0 aliphatic heterocycles. The van der Waals surface area contributed by atoms with Gasteiger partial charge in [0.1, 0.15) is 5.75 Å². The van der Waals surface area contributed by atoms with Crippen LogP contribution in [0.5, 0.6) is 5.75 Å². The highest BCUT2D eigenvalue weighted by Gasteiger charge is 2.07. The molecule has 0 aliphatic rings. The molecule has 1 aromatic heterocycles. The van der Waals surface area contributed by atoms with E-state index in [9.17, 15) is 5.11 Å². The van der Waals surface area contributed by atoms with E-state index in [2.05, 4.69) is 6.92 Å². The number of hydrogen-bond donors (Lipinski definition) is 2. The molecule has 1 aromatic carbocycles. The van der Waals surface area contributed by atoms with Crippen LogP contribution >= 0.6 is 11.3 Å². The number of thiophene rings is 1. The fourth-order valence-corrected chi connectivity index (χ4v) is 2.56. The van der Waals surface area contributed by atoms with Gasteiger partial charge in [-0.1, -0.05) is 6.92 Å². The number of phenols is 1. The molecule has 3 N–H and O–H groups in total. The van der Waals surface area contributed by atoms with E-state index >= 15 is 0 Å². The third-order valence-electron chi connectivity index (χ3n) is 2.16. The summed E-state index contributed by atoms with van der Waals surface area (Å²) in [4.78, 5) is 0. The van der Waals surface area contributed by atoms with Crippen molar-refractivity contribution in [2.75, 3.05) is 5.73 Å². The Morgan fingerprint density at radius 1 is 1.46 bits per heavy atom. The Morgan fingerprint density at radius 3 is 2.92 bits per heavy atom. The Kier molecular flexibility index (Phi) is 1.88. The first-order chi connectivity index (χ1) is 6.22. The molecule has 2 rings (SSSR count). The van der Waals surface area contributed by atoms with E-state index in [1.54, 1.807) is 23.5 Å². The van der Waals surface area contributed by atoms with Gasteiger partial charge in [0.15, 0.2) is 0 Å². The Balaban J connectivity index is 2.80. The van der Waals surface area contributed by atoms with E-state index in [0.717, 1.165) is 27.1 Å². The van der Waals surface area contributed by atoms with Crippen LogP contribution in [0.4, 0.5) is 5.00 Å². The van der Waals surface area contributed by atoms with E-state index in [4.69, 9.17) is 5.73 Å². The molecule has 0 amide bonds. The summed E-state index contributed by atoms with van der Waals surface area (Å²) in [6.07, 6.45) is 0.912. The monoisotopic (exact) mass is 193 g/mol. The zero-order valence-electron chi connectivity index (χ0n) is 7.37. The number of benzene rings is 1. The van der Waals surface area contributed by atoms with Crippen molar-refractivity contribution in [1.29, 1.82) is 0 Å². The maximum atomic E-state index is 9.32. The fourth-order valence-electron chi connectivity index (χ4n) is 1.52. The summed E-state index contributed by atoms with van der Waals surface area (Å²) in [6, 6.07) is 5.38. The van der Waals surface area contributed by atoms with Gasteiger partial charge >= 0.3 is 0 Å². The number of fused-ring (bicyclic) bond motifs is 1. The van der Waals surface area contributed by atoms with Crippen molar-refractivity contribution in [3.8, 4) is 5.75 Å². The molecule has 0 radical (unpaired) electrons. The van der Waals surface area contributed by atoms with Crippen LogP contribution in [0, 0.1) is 0 Å². The van der Waals surface area contributed by atoms with Gasteiger partial charge in [-0.3, -0.25) is 0 Å². The summed E-state index contributed by atoms with van der Waals surface area (Å²) in [6.45, 7) is 2.07. The second-order valence-corrected chi connectivity index (χ2v) is 4.06. The molecule has 68 valence electrons. The third-order valence-corrected chi connectivity index (χ3v) is 3.20. The molecule has 0 unspecified atom stereocenters. The van der Waals surface area contributed by atoms with E-state index in [-0.39, 0.29) is 0 Å². The number of nitrogens with two attached hydrogens (primary N) is 1. The minimum Gasteiger partial charge on any atom is -0.508 e. The first kappa shape index (κ1) is 8.38. The first-order valence-electron chi connectivity index (χ1n) is 4.22. The van der Waals surface area contributed by atoms with Gasteiger partial charge in [-0.05, 0) is 30.2 Å². The fraction of sp³-hybridized carbons (Fsp3) is 0.200. The largest absolute Gasteiger partial charge is 0.508 e. The number of rotatable bonds is 1. The Bertz CT molecular complexity index is 447. The SMILES string of the molecule is CCc1c(N)sc2ccc(O)cc12. The van der Waals surface area contributed by atoms with Crippen LogP contribution < -0.4 is 5.73 Å². The lowest BCUT2D eigenvalue weighted by molar-refractivity contribution is 0.476. The molecule has 0 saturated heterocycles. The number of anilines is 1. The molecule has 2 aromatic rings. The van der Waals surface area contributed by atoms with Crippen molar-refractivity contribution >= 4 is 26.4 Å². The molecule has 2 nitrogen and oxygen atoms in total. The smallest absolute Gasteiger partial charge is 0.116 e. The summed E-state index contributed by atoms with van der Waals surface area (Å²) < 4.78 is 1.15. The molecule has 0 fully saturated rings. The minimum atomic E-state index is 0.306.